The Kier molecular flexibility index (Phi) is 5.75. The largest absolute Gasteiger partial charge is 0.510 e. The first-order chi connectivity index (χ1) is 12.6. The van der Waals surface area contributed by atoms with Crippen LogP contribution in [0.4, 0.5) is 5.13 Å². The Bertz CT molecular complexity index is 936. The number of allylic oxidation sites excluding steroid dienone is 1. The second-order valence-corrected chi connectivity index (χ2v) is 8.17. The maximum atomic E-state index is 10.3. The van der Waals surface area contributed by atoms with Gasteiger partial charge in [-0.2, -0.15) is 5.26 Å². The molecule has 2 heterocycles. The molecule has 0 radical (unpaired) electrons. The molecule has 0 atom stereocenters. The molecule has 26 heavy (non-hydrogen) atoms. The van der Waals surface area contributed by atoms with Gasteiger partial charge in [-0.25, -0.2) is 4.98 Å². The summed E-state index contributed by atoms with van der Waals surface area (Å²) in [5.74, 6) is 1.06. The number of aromatic amines is 1. The molecule has 134 valence electrons. The number of aliphatic hydroxyl groups excluding tert-OH is 1. The monoisotopic (exact) mass is 386 g/mol. The minimum atomic E-state index is -0.0385. The Labute approximate surface area is 159 Å². The Hall–Kier alpha value is -2.57. The highest BCUT2D eigenvalue weighted by atomic mass is 32.2. The number of hydrogen-bond acceptors (Lipinski definition) is 8. The van der Waals surface area contributed by atoms with Crippen molar-refractivity contribution < 1.29 is 5.11 Å². The molecule has 2 aromatic heterocycles. The number of aromatic nitrogens is 4. The van der Waals surface area contributed by atoms with Crippen LogP contribution in [0.5, 0.6) is 0 Å². The van der Waals surface area contributed by atoms with Gasteiger partial charge in [-0.1, -0.05) is 49.1 Å². The summed E-state index contributed by atoms with van der Waals surface area (Å²) in [5, 5.41) is 31.9. The molecule has 1 aromatic carbocycles. The molecule has 7 nitrogen and oxygen atoms in total. The Morgan fingerprint density at radius 1 is 1.38 bits per heavy atom. The van der Waals surface area contributed by atoms with E-state index in [1.807, 2.05) is 30.3 Å². The summed E-state index contributed by atoms with van der Waals surface area (Å²) in [4.78, 5) is 7.43. The molecule has 3 aromatic rings. The number of H-pyrrole nitrogens is 1. The average Bonchev–Trinajstić information content (AvgIpc) is 3.25. The van der Waals surface area contributed by atoms with Crippen molar-refractivity contribution in [2.45, 2.75) is 18.2 Å². The number of thioether (sulfide) groups is 1. The molecule has 3 N–H and O–H groups in total. The lowest BCUT2D eigenvalue weighted by molar-refractivity contribution is 0.420. The lowest BCUT2D eigenvalue weighted by atomic mass is 10.2. The van der Waals surface area contributed by atoms with Crippen LogP contribution in [0.25, 0.3) is 16.6 Å². The number of fused-ring (bicyclic) bond motifs is 1. The summed E-state index contributed by atoms with van der Waals surface area (Å²) in [6, 6.07) is 9.51. The molecule has 9 heteroatoms. The summed E-state index contributed by atoms with van der Waals surface area (Å²) in [5.41, 5.74) is 1.71. The van der Waals surface area contributed by atoms with Crippen molar-refractivity contribution in [3.8, 4) is 6.07 Å². The molecule has 0 saturated carbocycles. The van der Waals surface area contributed by atoms with Crippen molar-refractivity contribution in [3.63, 3.8) is 0 Å². The third-order valence-electron chi connectivity index (χ3n) is 3.43. The summed E-state index contributed by atoms with van der Waals surface area (Å²) in [6.45, 7) is 5.07. The van der Waals surface area contributed by atoms with Gasteiger partial charge >= 0.3 is 0 Å². The van der Waals surface area contributed by atoms with Crippen molar-refractivity contribution in [3.05, 3.63) is 35.8 Å². The molecule has 0 aliphatic rings. The van der Waals surface area contributed by atoms with Crippen LogP contribution in [0.15, 0.2) is 34.4 Å². The third kappa shape index (κ3) is 4.33. The SMILES string of the molecule is CC(C)CNc1nnc(SC/C(O)=C(\C#N)c2nc3ccccc3[nH]2)s1. The maximum absolute atomic E-state index is 10.3. The van der Waals surface area contributed by atoms with Crippen molar-refractivity contribution in [2.75, 3.05) is 17.6 Å². The lowest BCUT2D eigenvalue weighted by Gasteiger charge is -2.03. The van der Waals surface area contributed by atoms with Crippen LogP contribution in [0.3, 0.4) is 0 Å². The van der Waals surface area contributed by atoms with Crippen LogP contribution in [-0.2, 0) is 0 Å². The van der Waals surface area contributed by atoms with Gasteiger partial charge in [-0.15, -0.1) is 10.2 Å². The maximum Gasteiger partial charge on any atom is 0.206 e. The van der Waals surface area contributed by atoms with Crippen LogP contribution in [0, 0.1) is 17.2 Å². The van der Waals surface area contributed by atoms with Crippen molar-refractivity contribution in [1.82, 2.24) is 20.2 Å². The quantitative estimate of drug-likeness (QED) is 0.319. The molecular formula is C17H18N6OS2. The summed E-state index contributed by atoms with van der Waals surface area (Å²) >= 11 is 2.76. The molecular weight excluding hydrogens is 368 g/mol. The molecule has 0 aliphatic heterocycles. The second-order valence-electron chi connectivity index (χ2n) is 5.97. The minimum absolute atomic E-state index is 0.0385. The van der Waals surface area contributed by atoms with Crippen molar-refractivity contribution in [1.29, 1.82) is 5.26 Å². The normalized spacial score (nSPS) is 12.2. The van der Waals surface area contributed by atoms with Crippen molar-refractivity contribution in [2.24, 2.45) is 5.92 Å². The Morgan fingerprint density at radius 3 is 2.92 bits per heavy atom. The summed E-state index contributed by atoms with van der Waals surface area (Å²) < 4.78 is 0.727. The van der Waals surface area contributed by atoms with Gasteiger partial charge in [0.05, 0.1) is 16.8 Å². The number of nitrogens with one attached hydrogen (secondary N) is 2. The molecule has 0 saturated heterocycles. The van der Waals surface area contributed by atoms with E-state index < -0.39 is 0 Å². The lowest BCUT2D eigenvalue weighted by Crippen LogP contribution is -2.07. The van der Waals surface area contributed by atoms with E-state index in [1.54, 1.807) is 0 Å². The first kappa shape index (κ1) is 18.2. The molecule has 0 bridgehead atoms. The van der Waals surface area contributed by atoms with Gasteiger partial charge in [-0.3, -0.25) is 0 Å². The molecule has 0 spiro atoms. The first-order valence-electron chi connectivity index (χ1n) is 8.04. The van der Waals surface area contributed by atoms with Gasteiger partial charge in [0.25, 0.3) is 0 Å². The summed E-state index contributed by atoms with van der Waals surface area (Å²) in [7, 11) is 0. The molecule has 0 unspecified atom stereocenters. The second kappa shape index (κ2) is 8.21. The van der Waals surface area contributed by atoms with Gasteiger partial charge in [-0.05, 0) is 18.1 Å². The van der Waals surface area contributed by atoms with Crippen molar-refractivity contribution >= 4 is 44.8 Å². The van der Waals surface area contributed by atoms with Gasteiger partial charge in [0.15, 0.2) is 10.2 Å². The number of imidazole rings is 1. The van der Waals surface area contributed by atoms with E-state index in [9.17, 15) is 10.4 Å². The third-order valence-corrected chi connectivity index (χ3v) is 5.45. The first-order valence-corrected chi connectivity index (χ1v) is 9.84. The predicted octanol–water partition coefficient (Wildman–Crippen LogP) is 4.07. The average molecular weight is 387 g/mol. The van der Waals surface area contributed by atoms with E-state index in [-0.39, 0.29) is 17.1 Å². The number of nitrogens with zero attached hydrogens (tertiary/aromatic N) is 4. The molecule has 0 amide bonds. The van der Waals surface area contributed by atoms with E-state index in [0.717, 1.165) is 27.0 Å². The highest BCUT2D eigenvalue weighted by Crippen LogP contribution is 2.28. The number of hydrogen-bond donors (Lipinski definition) is 3. The van der Waals surface area contributed by atoms with Crippen LogP contribution in [0.1, 0.15) is 19.7 Å². The van der Waals surface area contributed by atoms with Crippen LogP contribution in [-0.4, -0.2) is 37.6 Å². The summed E-state index contributed by atoms with van der Waals surface area (Å²) in [6.07, 6.45) is 0. The topological polar surface area (TPSA) is 111 Å². The highest BCUT2D eigenvalue weighted by Gasteiger charge is 2.14. The van der Waals surface area contributed by atoms with E-state index in [2.05, 4.69) is 39.3 Å². The number of para-hydroxylation sites is 2. The number of nitriles is 1. The zero-order valence-electron chi connectivity index (χ0n) is 14.4. The molecule has 0 aliphatic carbocycles. The zero-order chi connectivity index (χ0) is 18.5. The zero-order valence-corrected chi connectivity index (χ0v) is 16.0. The van der Waals surface area contributed by atoms with E-state index >= 15 is 0 Å². The number of benzene rings is 1. The fourth-order valence-corrected chi connectivity index (χ4v) is 3.80. The van der Waals surface area contributed by atoms with Gasteiger partial charge in [0.1, 0.15) is 17.4 Å². The highest BCUT2D eigenvalue weighted by molar-refractivity contribution is 8.01. The standard InChI is InChI=1S/C17H18N6OS2/c1-10(2)8-19-16-22-23-17(26-16)25-9-14(24)11(7-18)15-20-12-5-3-4-6-13(12)21-15/h3-6,10,24H,8-9H2,1-2H3,(H,19,22)(H,20,21)/b14-11-. The number of aliphatic hydroxyl groups is 1. The fourth-order valence-electron chi connectivity index (χ4n) is 2.16. The van der Waals surface area contributed by atoms with E-state index in [4.69, 9.17) is 0 Å². The van der Waals surface area contributed by atoms with Crippen LogP contribution >= 0.6 is 23.1 Å². The number of rotatable bonds is 7. The molecule has 0 fully saturated rings. The Morgan fingerprint density at radius 2 is 2.19 bits per heavy atom. The van der Waals surface area contributed by atoms with Crippen LogP contribution in [0.2, 0.25) is 0 Å². The fraction of sp³-hybridized carbons (Fsp3) is 0.294. The van der Waals surface area contributed by atoms with Crippen LogP contribution < -0.4 is 5.32 Å². The van der Waals surface area contributed by atoms with Gasteiger partial charge in [0.2, 0.25) is 5.13 Å². The molecule has 3 rings (SSSR count). The smallest absolute Gasteiger partial charge is 0.206 e. The van der Waals surface area contributed by atoms with Gasteiger partial charge < -0.3 is 15.4 Å². The van der Waals surface area contributed by atoms with E-state index in [0.29, 0.717) is 11.7 Å². The van der Waals surface area contributed by atoms with Gasteiger partial charge in [0, 0.05) is 6.54 Å². The number of anilines is 1. The Balaban J connectivity index is 1.70. The minimum Gasteiger partial charge on any atom is -0.510 e. The predicted molar refractivity (Wildman–Crippen MR) is 105 cm³/mol. The van der Waals surface area contributed by atoms with E-state index in [1.165, 1.54) is 23.1 Å².